The molecular formula is C18H15NO4. The molecule has 0 radical (unpaired) electrons. The van der Waals surface area contributed by atoms with E-state index in [1.165, 1.54) is 6.21 Å². The van der Waals surface area contributed by atoms with Crippen LogP contribution in [0.4, 0.5) is 0 Å². The number of carbonyl (C=O) groups is 2. The van der Waals surface area contributed by atoms with Crippen molar-refractivity contribution in [1.82, 2.24) is 0 Å². The molecule has 1 aliphatic rings. The number of carbonyl (C=O) groups excluding carboxylic acids is 2. The predicted molar refractivity (Wildman–Crippen MR) is 84.7 cm³/mol. The molecular weight excluding hydrogens is 294 g/mol. The SMILES string of the molecule is O=C(O[C@@H]1C=NC[C@H]1OC(=O)c1ccccc1)c1ccccc1. The van der Waals surface area contributed by atoms with Crippen molar-refractivity contribution < 1.29 is 19.1 Å². The average molecular weight is 309 g/mol. The van der Waals surface area contributed by atoms with Gasteiger partial charge in [0.2, 0.25) is 0 Å². The Morgan fingerprint density at radius 1 is 0.826 bits per heavy atom. The minimum atomic E-state index is -0.671. The van der Waals surface area contributed by atoms with Crippen molar-refractivity contribution in [2.45, 2.75) is 12.2 Å². The van der Waals surface area contributed by atoms with Gasteiger partial charge in [-0.1, -0.05) is 36.4 Å². The monoisotopic (exact) mass is 309 g/mol. The quantitative estimate of drug-likeness (QED) is 0.814. The number of nitrogens with zero attached hydrogens (tertiary/aromatic N) is 1. The van der Waals surface area contributed by atoms with E-state index in [1.54, 1.807) is 48.5 Å². The van der Waals surface area contributed by atoms with Gasteiger partial charge in [-0.05, 0) is 24.3 Å². The molecule has 1 aliphatic heterocycles. The van der Waals surface area contributed by atoms with Crippen molar-refractivity contribution in [1.29, 1.82) is 0 Å². The van der Waals surface area contributed by atoms with Gasteiger partial charge in [0.15, 0.2) is 12.2 Å². The van der Waals surface area contributed by atoms with Crippen LogP contribution in [0.3, 0.4) is 0 Å². The van der Waals surface area contributed by atoms with Gasteiger partial charge in [-0.15, -0.1) is 0 Å². The van der Waals surface area contributed by atoms with Crippen LogP contribution in [0.1, 0.15) is 20.7 Å². The molecule has 0 bridgehead atoms. The smallest absolute Gasteiger partial charge is 0.338 e. The van der Waals surface area contributed by atoms with Crippen LogP contribution in [0, 0.1) is 0 Å². The third-order valence-electron chi connectivity index (χ3n) is 3.42. The molecule has 0 amide bonds. The number of hydrogen-bond acceptors (Lipinski definition) is 5. The van der Waals surface area contributed by atoms with Gasteiger partial charge < -0.3 is 9.47 Å². The minimum Gasteiger partial charge on any atom is -0.452 e. The molecule has 0 saturated heterocycles. The van der Waals surface area contributed by atoms with E-state index in [-0.39, 0.29) is 6.54 Å². The highest BCUT2D eigenvalue weighted by Crippen LogP contribution is 2.15. The molecule has 0 aliphatic carbocycles. The highest BCUT2D eigenvalue weighted by Gasteiger charge is 2.31. The zero-order valence-electron chi connectivity index (χ0n) is 12.3. The Balaban J connectivity index is 1.63. The van der Waals surface area contributed by atoms with Gasteiger partial charge in [0.1, 0.15) is 0 Å². The van der Waals surface area contributed by atoms with Crippen LogP contribution in [0.25, 0.3) is 0 Å². The lowest BCUT2D eigenvalue weighted by atomic mass is 10.2. The van der Waals surface area contributed by atoms with Crippen molar-refractivity contribution in [3.8, 4) is 0 Å². The molecule has 2 aromatic rings. The Kier molecular flexibility index (Phi) is 4.47. The first-order valence-corrected chi connectivity index (χ1v) is 7.26. The van der Waals surface area contributed by atoms with Crippen molar-refractivity contribution in [2.24, 2.45) is 4.99 Å². The van der Waals surface area contributed by atoms with Crippen molar-refractivity contribution in [2.75, 3.05) is 6.54 Å². The van der Waals surface area contributed by atoms with Gasteiger partial charge >= 0.3 is 11.9 Å². The molecule has 1 heterocycles. The molecule has 2 aromatic carbocycles. The second-order valence-corrected chi connectivity index (χ2v) is 5.06. The van der Waals surface area contributed by atoms with Gasteiger partial charge in [0, 0.05) is 6.21 Å². The minimum absolute atomic E-state index is 0.283. The van der Waals surface area contributed by atoms with E-state index in [0.717, 1.165) is 0 Å². The van der Waals surface area contributed by atoms with Crippen LogP contribution >= 0.6 is 0 Å². The zero-order valence-corrected chi connectivity index (χ0v) is 12.3. The lowest BCUT2D eigenvalue weighted by molar-refractivity contribution is -0.00759. The van der Waals surface area contributed by atoms with E-state index in [4.69, 9.17) is 9.47 Å². The average Bonchev–Trinajstić information content (AvgIpc) is 3.03. The first-order valence-electron chi connectivity index (χ1n) is 7.26. The summed E-state index contributed by atoms with van der Waals surface area (Å²) in [6, 6.07) is 17.3. The molecule has 116 valence electrons. The summed E-state index contributed by atoms with van der Waals surface area (Å²) in [6.45, 7) is 0.283. The Bertz CT molecular complexity index is 712. The normalized spacial score (nSPS) is 19.3. The molecule has 0 fully saturated rings. The molecule has 0 saturated carbocycles. The van der Waals surface area contributed by atoms with Crippen LogP contribution in [0.5, 0.6) is 0 Å². The molecule has 0 N–H and O–H groups in total. The Labute approximate surface area is 133 Å². The van der Waals surface area contributed by atoms with E-state index in [9.17, 15) is 9.59 Å². The van der Waals surface area contributed by atoms with Gasteiger partial charge in [0.05, 0.1) is 17.7 Å². The van der Waals surface area contributed by atoms with E-state index < -0.39 is 24.1 Å². The maximum Gasteiger partial charge on any atom is 0.338 e. The standard InChI is InChI=1S/C18H15NO4/c20-17(13-7-3-1-4-8-13)22-15-11-19-12-16(15)23-18(21)14-9-5-2-6-10-14/h1-11,15-16H,12H2/t15-,16-/m1/s1. The van der Waals surface area contributed by atoms with Gasteiger partial charge in [-0.25, -0.2) is 9.59 Å². The number of ether oxygens (including phenoxy) is 2. The summed E-state index contributed by atoms with van der Waals surface area (Å²) >= 11 is 0. The summed E-state index contributed by atoms with van der Waals surface area (Å²) < 4.78 is 10.8. The number of benzene rings is 2. The molecule has 0 unspecified atom stereocenters. The molecule has 23 heavy (non-hydrogen) atoms. The maximum absolute atomic E-state index is 12.1. The summed E-state index contributed by atoms with van der Waals surface area (Å²) in [5.41, 5.74) is 0.897. The first-order chi connectivity index (χ1) is 11.2. The van der Waals surface area contributed by atoms with Crippen molar-refractivity contribution in [3.63, 3.8) is 0 Å². The lowest BCUT2D eigenvalue weighted by Gasteiger charge is -2.19. The Hall–Kier alpha value is -2.95. The maximum atomic E-state index is 12.1. The second kappa shape index (κ2) is 6.87. The van der Waals surface area contributed by atoms with E-state index in [0.29, 0.717) is 11.1 Å². The van der Waals surface area contributed by atoms with Gasteiger partial charge in [-0.3, -0.25) is 4.99 Å². The van der Waals surface area contributed by atoms with E-state index in [1.807, 2.05) is 12.1 Å². The first kappa shape index (κ1) is 15.0. The lowest BCUT2D eigenvalue weighted by Crippen LogP contribution is -2.34. The van der Waals surface area contributed by atoms with Gasteiger partial charge in [-0.2, -0.15) is 0 Å². The summed E-state index contributed by atoms with van der Waals surface area (Å²) in [5, 5.41) is 0. The third kappa shape index (κ3) is 3.63. The van der Waals surface area contributed by atoms with E-state index in [2.05, 4.69) is 4.99 Å². The highest BCUT2D eigenvalue weighted by atomic mass is 16.6. The van der Waals surface area contributed by atoms with Crippen LogP contribution < -0.4 is 0 Å². The fraction of sp³-hybridized carbons (Fsp3) is 0.167. The number of esters is 2. The fourth-order valence-corrected chi connectivity index (χ4v) is 2.22. The van der Waals surface area contributed by atoms with Crippen molar-refractivity contribution >= 4 is 18.2 Å². The molecule has 3 rings (SSSR count). The molecule has 0 aromatic heterocycles. The van der Waals surface area contributed by atoms with Crippen LogP contribution in [-0.4, -0.2) is 36.9 Å². The van der Waals surface area contributed by atoms with E-state index >= 15 is 0 Å². The number of hydrogen-bond donors (Lipinski definition) is 0. The predicted octanol–water partition coefficient (Wildman–Crippen LogP) is 2.52. The van der Waals surface area contributed by atoms with Crippen LogP contribution in [0.2, 0.25) is 0 Å². The summed E-state index contributed by atoms with van der Waals surface area (Å²) in [6.07, 6.45) is 0.231. The zero-order chi connectivity index (χ0) is 16.1. The molecule has 0 spiro atoms. The van der Waals surface area contributed by atoms with Gasteiger partial charge in [0.25, 0.3) is 0 Å². The Morgan fingerprint density at radius 3 is 1.91 bits per heavy atom. The fourth-order valence-electron chi connectivity index (χ4n) is 2.22. The third-order valence-corrected chi connectivity index (χ3v) is 3.42. The van der Waals surface area contributed by atoms with Crippen LogP contribution in [0.15, 0.2) is 65.7 Å². The highest BCUT2D eigenvalue weighted by molar-refractivity contribution is 5.91. The summed E-state index contributed by atoms with van der Waals surface area (Å²) in [5.74, 6) is -0.924. The van der Waals surface area contributed by atoms with Crippen molar-refractivity contribution in [3.05, 3.63) is 71.8 Å². The van der Waals surface area contributed by atoms with Crippen LogP contribution in [-0.2, 0) is 9.47 Å². The largest absolute Gasteiger partial charge is 0.452 e. The summed E-state index contributed by atoms with van der Waals surface area (Å²) in [4.78, 5) is 28.2. The topological polar surface area (TPSA) is 65.0 Å². The summed E-state index contributed by atoms with van der Waals surface area (Å²) in [7, 11) is 0. The number of rotatable bonds is 4. The molecule has 5 heteroatoms. The molecule has 2 atom stereocenters. The Morgan fingerprint density at radius 2 is 1.35 bits per heavy atom. The second-order valence-electron chi connectivity index (χ2n) is 5.06. The number of aliphatic imine (C=N–C) groups is 1. The molecule has 5 nitrogen and oxygen atoms in total.